The van der Waals surface area contributed by atoms with Gasteiger partial charge >= 0.3 is 0 Å². The molecule has 0 amide bonds. The summed E-state index contributed by atoms with van der Waals surface area (Å²) in [6, 6.07) is 3.78. The Morgan fingerprint density at radius 3 is 3.00 bits per heavy atom. The van der Waals surface area contributed by atoms with Gasteiger partial charge in [0.15, 0.2) is 0 Å². The lowest BCUT2D eigenvalue weighted by Crippen LogP contribution is -1.93. The van der Waals surface area contributed by atoms with E-state index in [4.69, 9.17) is 11.0 Å². The Bertz CT molecular complexity index is 550. The highest BCUT2D eigenvalue weighted by Crippen LogP contribution is 2.29. The quantitative estimate of drug-likeness (QED) is 0.726. The van der Waals surface area contributed by atoms with Gasteiger partial charge in [0.2, 0.25) is 0 Å². The number of nitriles is 1. The summed E-state index contributed by atoms with van der Waals surface area (Å²) in [5.74, 6) is 0. The van der Waals surface area contributed by atoms with Crippen molar-refractivity contribution in [1.82, 2.24) is 9.55 Å². The van der Waals surface area contributed by atoms with E-state index in [1.165, 1.54) is 0 Å². The third-order valence-electron chi connectivity index (χ3n) is 2.08. The van der Waals surface area contributed by atoms with Gasteiger partial charge in [0.1, 0.15) is 17.1 Å². The van der Waals surface area contributed by atoms with E-state index < -0.39 is 0 Å². The van der Waals surface area contributed by atoms with Crippen molar-refractivity contribution < 1.29 is 0 Å². The number of benzene rings is 1. The maximum absolute atomic E-state index is 8.92. The summed E-state index contributed by atoms with van der Waals surface area (Å²) < 4.78 is 2.70. The first-order chi connectivity index (χ1) is 6.65. The van der Waals surface area contributed by atoms with Gasteiger partial charge in [0, 0.05) is 11.5 Å². The maximum atomic E-state index is 8.92. The van der Waals surface area contributed by atoms with Crippen molar-refractivity contribution in [2.75, 3.05) is 5.73 Å². The molecule has 2 rings (SSSR count). The SMILES string of the molecule is Cn1cnc2c(C#N)c(N)cc(Br)c21. The average molecular weight is 251 g/mol. The fourth-order valence-electron chi connectivity index (χ4n) is 1.43. The molecule has 1 aromatic carbocycles. The molecule has 2 N–H and O–H groups in total. The van der Waals surface area contributed by atoms with Crippen molar-refractivity contribution in [1.29, 1.82) is 5.26 Å². The van der Waals surface area contributed by atoms with Crippen LogP contribution in [0.15, 0.2) is 16.9 Å². The Morgan fingerprint density at radius 1 is 1.64 bits per heavy atom. The first-order valence-corrected chi connectivity index (χ1v) is 4.73. The molecule has 0 unspecified atom stereocenters. The normalized spacial score (nSPS) is 10.4. The van der Waals surface area contributed by atoms with Crippen molar-refractivity contribution in [3.05, 3.63) is 22.4 Å². The van der Waals surface area contributed by atoms with Gasteiger partial charge in [-0.15, -0.1) is 0 Å². The van der Waals surface area contributed by atoms with Crippen LogP contribution in [-0.4, -0.2) is 9.55 Å². The molecule has 0 atom stereocenters. The molecular formula is C9H7BrN4. The van der Waals surface area contributed by atoms with Gasteiger partial charge in [-0.05, 0) is 22.0 Å². The summed E-state index contributed by atoms with van der Waals surface area (Å²) in [4.78, 5) is 4.14. The zero-order valence-electron chi connectivity index (χ0n) is 7.45. The Labute approximate surface area is 89.1 Å². The smallest absolute Gasteiger partial charge is 0.109 e. The van der Waals surface area contributed by atoms with E-state index in [2.05, 4.69) is 27.0 Å². The van der Waals surface area contributed by atoms with E-state index in [1.807, 2.05) is 11.6 Å². The molecule has 0 aliphatic rings. The van der Waals surface area contributed by atoms with Crippen LogP contribution in [0.25, 0.3) is 11.0 Å². The minimum atomic E-state index is 0.434. The lowest BCUT2D eigenvalue weighted by molar-refractivity contribution is 0.946. The minimum Gasteiger partial charge on any atom is -0.398 e. The number of rotatable bonds is 0. The number of hydrogen-bond donors (Lipinski definition) is 1. The monoisotopic (exact) mass is 250 g/mol. The highest BCUT2D eigenvalue weighted by atomic mass is 79.9. The van der Waals surface area contributed by atoms with Crippen LogP contribution in [0.4, 0.5) is 5.69 Å². The fraction of sp³-hybridized carbons (Fsp3) is 0.111. The third kappa shape index (κ3) is 1.08. The molecule has 0 radical (unpaired) electrons. The molecule has 0 aliphatic carbocycles. The predicted molar refractivity (Wildman–Crippen MR) is 57.5 cm³/mol. The van der Waals surface area contributed by atoms with Crippen LogP contribution in [0.2, 0.25) is 0 Å². The molecule has 0 bridgehead atoms. The van der Waals surface area contributed by atoms with E-state index in [9.17, 15) is 0 Å². The van der Waals surface area contributed by atoms with Gasteiger partial charge in [-0.1, -0.05) is 0 Å². The van der Waals surface area contributed by atoms with Gasteiger partial charge in [0.05, 0.1) is 17.5 Å². The zero-order chi connectivity index (χ0) is 10.3. The first kappa shape index (κ1) is 9.03. The van der Waals surface area contributed by atoms with Crippen LogP contribution in [-0.2, 0) is 7.05 Å². The van der Waals surface area contributed by atoms with Crippen molar-refractivity contribution in [2.45, 2.75) is 0 Å². The van der Waals surface area contributed by atoms with Crippen LogP contribution in [0, 0.1) is 11.3 Å². The number of nitrogens with zero attached hydrogens (tertiary/aromatic N) is 3. The summed E-state index contributed by atoms with van der Waals surface area (Å²) in [6.45, 7) is 0. The lowest BCUT2D eigenvalue weighted by Gasteiger charge is -2.02. The molecule has 1 aromatic heterocycles. The van der Waals surface area contributed by atoms with Crippen LogP contribution in [0.3, 0.4) is 0 Å². The first-order valence-electron chi connectivity index (χ1n) is 3.94. The highest BCUT2D eigenvalue weighted by Gasteiger charge is 2.12. The summed E-state index contributed by atoms with van der Waals surface area (Å²) >= 11 is 3.39. The summed E-state index contributed by atoms with van der Waals surface area (Å²) in [5.41, 5.74) is 8.11. The Kier molecular flexibility index (Phi) is 1.93. The number of aryl methyl sites for hydroxylation is 1. The van der Waals surface area contributed by atoms with Gasteiger partial charge < -0.3 is 10.3 Å². The molecular weight excluding hydrogens is 244 g/mol. The van der Waals surface area contributed by atoms with Crippen molar-refractivity contribution in [3.63, 3.8) is 0 Å². The van der Waals surface area contributed by atoms with E-state index in [0.717, 1.165) is 9.99 Å². The van der Waals surface area contributed by atoms with Gasteiger partial charge in [0.25, 0.3) is 0 Å². The summed E-state index contributed by atoms with van der Waals surface area (Å²) in [6.07, 6.45) is 1.66. The lowest BCUT2D eigenvalue weighted by atomic mass is 10.1. The number of anilines is 1. The van der Waals surface area contributed by atoms with Crippen LogP contribution >= 0.6 is 15.9 Å². The van der Waals surface area contributed by atoms with E-state index in [-0.39, 0.29) is 0 Å². The summed E-state index contributed by atoms with van der Waals surface area (Å²) in [7, 11) is 1.87. The average Bonchev–Trinajstić information content (AvgIpc) is 2.49. The van der Waals surface area contributed by atoms with Crippen molar-refractivity contribution in [3.8, 4) is 6.07 Å². The second-order valence-corrected chi connectivity index (χ2v) is 3.84. The maximum Gasteiger partial charge on any atom is 0.109 e. The molecule has 0 fully saturated rings. The van der Waals surface area contributed by atoms with E-state index in [0.29, 0.717) is 16.8 Å². The largest absolute Gasteiger partial charge is 0.398 e. The number of nitrogen functional groups attached to an aromatic ring is 1. The topological polar surface area (TPSA) is 67.6 Å². The number of imidazole rings is 1. The van der Waals surface area contributed by atoms with Crippen LogP contribution < -0.4 is 5.73 Å². The van der Waals surface area contributed by atoms with Crippen molar-refractivity contribution in [2.24, 2.45) is 7.05 Å². The molecule has 0 aliphatic heterocycles. The number of hydrogen-bond acceptors (Lipinski definition) is 3. The van der Waals surface area contributed by atoms with Crippen LogP contribution in [0.1, 0.15) is 5.56 Å². The van der Waals surface area contributed by atoms with Crippen molar-refractivity contribution >= 4 is 32.7 Å². The molecule has 0 saturated carbocycles. The molecule has 0 spiro atoms. The molecule has 70 valence electrons. The predicted octanol–water partition coefficient (Wildman–Crippen LogP) is 1.79. The highest BCUT2D eigenvalue weighted by molar-refractivity contribution is 9.10. The summed E-state index contributed by atoms with van der Waals surface area (Å²) in [5, 5.41) is 8.92. The second kappa shape index (κ2) is 3.00. The minimum absolute atomic E-state index is 0.434. The molecule has 0 saturated heterocycles. The van der Waals surface area contributed by atoms with Crippen LogP contribution in [0.5, 0.6) is 0 Å². The fourth-order valence-corrected chi connectivity index (χ4v) is 2.14. The third-order valence-corrected chi connectivity index (χ3v) is 2.69. The number of fused-ring (bicyclic) bond motifs is 1. The van der Waals surface area contributed by atoms with E-state index in [1.54, 1.807) is 12.4 Å². The molecule has 14 heavy (non-hydrogen) atoms. The second-order valence-electron chi connectivity index (χ2n) is 2.99. The van der Waals surface area contributed by atoms with Gasteiger partial charge in [-0.3, -0.25) is 0 Å². The molecule has 2 aromatic rings. The number of halogens is 1. The molecule has 4 nitrogen and oxygen atoms in total. The zero-order valence-corrected chi connectivity index (χ0v) is 9.04. The van der Waals surface area contributed by atoms with E-state index >= 15 is 0 Å². The molecule has 1 heterocycles. The number of nitrogens with two attached hydrogens (primary N) is 1. The number of aromatic nitrogens is 2. The standard InChI is InChI=1S/C9H7BrN4/c1-14-4-13-8-5(3-11)7(12)2-6(10)9(8)14/h2,4H,12H2,1H3. The van der Waals surface area contributed by atoms with Gasteiger partial charge in [-0.25, -0.2) is 4.98 Å². The molecule has 5 heteroatoms. The Morgan fingerprint density at radius 2 is 2.36 bits per heavy atom. The Balaban J connectivity index is 3.02. The Hall–Kier alpha value is -1.54. The van der Waals surface area contributed by atoms with Gasteiger partial charge in [-0.2, -0.15) is 5.26 Å².